The predicted molar refractivity (Wildman–Crippen MR) is 102 cm³/mol. The smallest absolute Gasteiger partial charge is 0.223 e. The van der Waals surface area contributed by atoms with Crippen LogP contribution in [0.5, 0.6) is 0 Å². The maximum atomic E-state index is 13.2. The molecular weight excluding hydrogens is 348 g/mol. The molecule has 1 aromatic heterocycles. The summed E-state index contributed by atoms with van der Waals surface area (Å²) in [7, 11) is 1.84. The summed E-state index contributed by atoms with van der Waals surface area (Å²) in [5.41, 5.74) is 2.22. The number of H-pyrrole nitrogens is 1. The van der Waals surface area contributed by atoms with E-state index in [1.807, 2.05) is 31.5 Å². The molecule has 2 aromatic rings. The molecule has 0 spiro atoms. The third-order valence-electron chi connectivity index (χ3n) is 7.11. The van der Waals surface area contributed by atoms with Crippen molar-refractivity contribution in [1.29, 1.82) is 0 Å². The molecule has 4 aliphatic rings. The zero-order valence-corrected chi connectivity index (χ0v) is 16.1. The van der Waals surface area contributed by atoms with Crippen LogP contribution >= 0.6 is 11.6 Å². The standard InChI is InChI=1S/C21H25ClN2O2/c1-12(15-11-23-17-5-3-4-16(22)20(15)17)6-19(25)24-14-7-13-8-21(9-14,26-2)10-18(13)24/h3-5,11-14,18,23H,6-10H2,1-2H3. The van der Waals surface area contributed by atoms with Crippen molar-refractivity contribution in [3.05, 3.63) is 35.0 Å². The number of nitrogens with one attached hydrogen (secondary N) is 1. The van der Waals surface area contributed by atoms with Crippen molar-refractivity contribution in [3.8, 4) is 0 Å². The summed E-state index contributed by atoms with van der Waals surface area (Å²) in [6.07, 6.45) is 6.87. The number of hydrogen-bond donors (Lipinski definition) is 1. The van der Waals surface area contributed by atoms with Crippen LogP contribution in [-0.2, 0) is 9.53 Å². The van der Waals surface area contributed by atoms with Gasteiger partial charge in [0.1, 0.15) is 0 Å². The molecule has 6 rings (SSSR count). The van der Waals surface area contributed by atoms with Gasteiger partial charge in [-0.3, -0.25) is 4.79 Å². The van der Waals surface area contributed by atoms with Crippen molar-refractivity contribution in [2.45, 2.75) is 62.6 Å². The van der Waals surface area contributed by atoms with E-state index < -0.39 is 0 Å². The van der Waals surface area contributed by atoms with Crippen LogP contribution in [0, 0.1) is 5.92 Å². The maximum absolute atomic E-state index is 13.2. The van der Waals surface area contributed by atoms with Gasteiger partial charge in [-0.1, -0.05) is 24.6 Å². The van der Waals surface area contributed by atoms with Crippen LogP contribution < -0.4 is 0 Å². The van der Waals surface area contributed by atoms with Gasteiger partial charge in [0.2, 0.25) is 5.91 Å². The molecule has 0 radical (unpaired) electrons. The highest BCUT2D eigenvalue weighted by atomic mass is 35.5. The Bertz CT molecular complexity index is 874. The minimum absolute atomic E-state index is 0.0466. The number of amides is 1. The minimum atomic E-state index is 0.0466. The Balaban J connectivity index is 1.36. The molecule has 5 atom stereocenters. The Morgan fingerprint density at radius 1 is 1.42 bits per heavy atom. The van der Waals surface area contributed by atoms with Gasteiger partial charge in [-0.25, -0.2) is 0 Å². The molecule has 4 nitrogen and oxygen atoms in total. The first-order chi connectivity index (χ1) is 12.5. The molecule has 1 N–H and O–H groups in total. The highest BCUT2D eigenvalue weighted by Gasteiger charge is 2.61. The van der Waals surface area contributed by atoms with E-state index in [1.54, 1.807) is 0 Å². The van der Waals surface area contributed by atoms with Gasteiger partial charge in [0.25, 0.3) is 0 Å². The van der Waals surface area contributed by atoms with Crippen LogP contribution in [0.1, 0.15) is 50.5 Å². The van der Waals surface area contributed by atoms with E-state index in [9.17, 15) is 4.79 Å². The average Bonchev–Trinajstić information content (AvgIpc) is 3.23. The Morgan fingerprint density at radius 2 is 2.27 bits per heavy atom. The summed E-state index contributed by atoms with van der Waals surface area (Å²) in [6.45, 7) is 2.13. The van der Waals surface area contributed by atoms with Gasteiger partial charge < -0.3 is 14.6 Å². The second-order valence-electron chi connectivity index (χ2n) is 8.53. The molecule has 3 heterocycles. The third kappa shape index (κ3) is 2.28. The number of methoxy groups -OCH3 is 1. The van der Waals surface area contributed by atoms with Crippen LogP contribution in [0.3, 0.4) is 0 Å². The average molecular weight is 373 g/mol. The van der Waals surface area contributed by atoms with Gasteiger partial charge in [0.05, 0.1) is 10.6 Å². The summed E-state index contributed by atoms with van der Waals surface area (Å²) < 4.78 is 5.84. The largest absolute Gasteiger partial charge is 0.378 e. The number of carbonyl (C=O) groups is 1. The van der Waals surface area contributed by atoms with Crippen molar-refractivity contribution in [2.75, 3.05) is 7.11 Å². The van der Waals surface area contributed by atoms with Crippen molar-refractivity contribution in [1.82, 2.24) is 9.88 Å². The number of nitrogens with zero attached hydrogens (tertiary/aromatic N) is 1. The predicted octanol–water partition coefficient (Wildman–Crippen LogP) is 4.48. The zero-order chi connectivity index (χ0) is 18.1. The third-order valence-corrected chi connectivity index (χ3v) is 7.43. The van der Waals surface area contributed by atoms with Crippen molar-refractivity contribution in [3.63, 3.8) is 0 Å². The van der Waals surface area contributed by atoms with E-state index in [-0.39, 0.29) is 11.5 Å². The fourth-order valence-corrected chi connectivity index (χ4v) is 6.28. The quantitative estimate of drug-likeness (QED) is 0.859. The van der Waals surface area contributed by atoms with E-state index >= 15 is 0 Å². The van der Waals surface area contributed by atoms with Crippen molar-refractivity contribution >= 4 is 28.4 Å². The Labute approximate surface area is 158 Å². The molecule has 2 aliphatic carbocycles. The summed E-state index contributed by atoms with van der Waals surface area (Å²) in [4.78, 5) is 18.7. The summed E-state index contributed by atoms with van der Waals surface area (Å²) in [5, 5.41) is 1.80. The van der Waals surface area contributed by atoms with E-state index in [0.717, 1.165) is 47.2 Å². The van der Waals surface area contributed by atoms with Crippen molar-refractivity contribution in [2.24, 2.45) is 5.92 Å². The van der Waals surface area contributed by atoms with Crippen molar-refractivity contribution < 1.29 is 9.53 Å². The lowest BCUT2D eigenvalue weighted by Gasteiger charge is -2.43. The lowest BCUT2D eigenvalue weighted by atomic mass is 9.82. The molecular formula is C21H25ClN2O2. The monoisotopic (exact) mass is 372 g/mol. The number of fused-ring (bicyclic) bond motifs is 1. The van der Waals surface area contributed by atoms with E-state index in [2.05, 4.69) is 16.8 Å². The first kappa shape index (κ1) is 16.6. The van der Waals surface area contributed by atoms with Gasteiger partial charge in [-0.2, -0.15) is 0 Å². The lowest BCUT2D eigenvalue weighted by molar-refractivity contribution is -0.140. The fourth-order valence-electron chi connectivity index (χ4n) is 5.99. The molecule has 2 saturated heterocycles. The fraction of sp³-hybridized carbons (Fsp3) is 0.571. The number of benzene rings is 1. The summed E-state index contributed by atoms with van der Waals surface area (Å²) in [5.74, 6) is 1.07. The highest BCUT2D eigenvalue weighted by molar-refractivity contribution is 6.35. The Morgan fingerprint density at radius 3 is 3.04 bits per heavy atom. The normalized spacial score (nSPS) is 33.3. The zero-order valence-electron chi connectivity index (χ0n) is 15.3. The van der Waals surface area contributed by atoms with Gasteiger partial charge in [0, 0.05) is 42.7 Å². The second kappa shape index (κ2) is 5.74. The number of aromatic nitrogens is 1. The molecule has 2 aliphatic heterocycles. The van der Waals surface area contributed by atoms with Crippen LogP contribution in [0.4, 0.5) is 0 Å². The first-order valence-corrected chi connectivity index (χ1v) is 10.0. The molecule has 1 amide bonds. The number of aromatic amines is 1. The molecule has 4 fully saturated rings. The number of hydrogen-bond acceptors (Lipinski definition) is 2. The molecule has 2 saturated carbocycles. The SMILES string of the molecule is COC12CC3CC(C1)N(C(=O)CC(C)c1c[nH]c4cccc(Cl)c14)C3C2. The molecule has 5 heteroatoms. The van der Waals surface area contributed by atoms with Gasteiger partial charge in [-0.15, -0.1) is 0 Å². The Hall–Kier alpha value is -1.52. The number of ether oxygens (including phenoxy) is 1. The molecule has 5 unspecified atom stereocenters. The van der Waals surface area contributed by atoms with Crippen LogP contribution in [0.15, 0.2) is 24.4 Å². The second-order valence-corrected chi connectivity index (χ2v) is 8.94. The van der Waals surface area contributed by atoms with Crippen LogP contribution in [-0.4, -0.2) is 40.6 Å². The van der Waals surface area contributed by atoms with E-state index in [1.165, 1.54) is 0 Å². The number of carbonyl (C=O) groups excluding carboxylic acids is 1. The topological polar surface area (TPSA) is 45.3 Å². The molecule has 1 aromatic carbocycles. The number of piperidine rings is 1. The Kier molecular flexibility index (Phi) is 3.67. The molecule has 4 bridgehead atoms. The minimum Gasteiger partial charge on any atom is -0.378 e. The van der Waals surface area contributed by atoms with Crippen LogP contribution in [0.2, 0.25) is 5.02 Å². The summed E-state index contributed by atoms with van der Waals surface area (Å²) in [6, 6.07) is 6.66. The lowest BCUT2D eigenvalue weighted by Crippen LogP contribution is -2.51. The molecule has 26 heavy (non-hydrogen) atoms. The maximum Gasteiger partial charge on any atom is 0.223 e. The van der Waals surface area contributed by atoms with Gasteiger partial charge in [0.15, 0.2) is 0 Å². The summed E-state index contributed by atoms with van der Waals surface area (Å²) >= 11 is 6.42. The number of halogens is 1. The van der Waals surface area contributed by atoms with E-state index in [0.29, 0.717) is 30.3 Å². The van der Waals surface area contributed by atoms with Gasteiger partial charge in [-0.05, 0) is 55.2 Å². The first-order valence-electron chi connectivity index (χ1n) is 9.63. The molecule has 138 valence electrons. The van der Waals surface area contributed by atoms with Gasteiger partial charge >= 0.3 is 0 Å². The van der Waals surface area contributed by atoms with Crippen LogP contribution in [0.25, 0.3) is 10.9 Å². The van der Waals surface area contributed by atoms with E-state index in [4.69, 9.17) is 16.3 Å². The number of rotatable bonds is 4. The highest BCUT2D eigenvalue weighted by Crippen LogP contribution is 2.56.